The molecule has 0 unspecified atom stereocenters. The van der Waals surface area contributed by atoms with Crippen LogP contribution >= 0.6 is 0 Å². The van der Waals surface area contributed by atoms with Gasteiger partial charge in [0.15, 0.2) is 5.69 Å². The Hall–Kier alpha value is -1.15. The summed E-state index contributed by atoms with van der Waals surface area (Å²) in [6, 6.07) is 0. The molecule has 0 atom stereocenters. The van der Waals surface area contributed by atoms with Crippen LogP contribution in [0.15, 0.2) is 12.4 Å². The molecule has 1 rings (SSSR count). The molecule has 13 heavy (non-hydrogen) atoms. The van der Waals surface area contributed by atoms with Gasteiger partial charge in [0, 0.05) is 12.4 Å². The fourth-order valence-corrected chi connectivity index (χ4v) is 0.756. The molecule has 1 heterocycles. The van der Waals surface area contributed by atoms with Gasteiger partial charge in [-0.2, -0.15) is 13.2 Å². The van der Waals surface area contributed by atoms with Crippen molar-refractivity contribution in [3.8, 4) is 0 Å². The first-order valence-electron chi connectivity index (χ1n) is 3.17. The van der Waals surface area contributed by atoms with Gasteiger partial charge in [-0.3, -0.25) is 4.98 Å². The molecule has 0 aliphatic carbocycles. The molecule has 0 saturated carbocycles. The highest BCUT2D eigenvalue weighted by Crippen LogP contribution is 2.25. The Bertz CT molecular complexity index is 304. The highest BCUT2D eigenvalue weighted by Gasteiger charge is 2.38. The van der Waals surface area contributed by atoms with E-state index in [1.165, 1.54) is 0 Å². The topological polar surface area (TPSA) is 66.2 Å². The van der Waals surface area contributed by atoms with E-state index >= 15 is 0 Å². The Morgan fingerprint density at radius 3 is 2.08 bits per heavy atom. The number of hydrogen-bond acceptors (Lipinski definition) is 4. The Morgan fingerprint density at radius 2 is 1.69 bits per heavy atom. The highest BCUT2D eigenvalue weighted by molar-refractivity contribution is 6.58. The molecule has 8 heteroatoms. The van der Waals surface area contributed by atoms with Crippen LogP contribution in [0.25, 0.3) is 0 Å². The van der Waals surface area contributed by atoms with E-state index in [2.05, 4.69) is 9.97 Å². The fourth-order valence-electron chi connectivity index (χ4n) is 0.756. The molecule has 0 aromatic carbocycles. The van der Waals surface area contributed by atoms with Crippen molar-refractivity contribution in [2.75, 3.05) is 0 Å². The van der Waals surface area contributed by atoms with E-state index in [1.54, 1.807) is 0 Å². The molecule has 2 N–H and O–H groups in total. The van der Waals surface area contributed by atoms with Gasteiger partial charge in [0.25, 0.3) is 0 Å². The zero-order valence-electron chi connectivity index (χ0n) is 6.15. The van der Waals surface area contributed by atoms with Gasteiger partial charge in [-0.05, 0) is 0 Å². The minimum atomic E-state index is -4.73. The third-order valence-electron chi connectivity index (χ3n) is 1.24. The third-order valence-corrected chi connectivity index (χ3v) is 1.24. The van der Waals surface area contributed by atoms with E-state index in [1.807, 2.05) is 0 Å². The molecule has 1 aromatic rings. The summed E-state index contributed by atoms with van der Waals surface area (Å²) >= 11 is 0. The fraction of sp³-hybridized carbons (Fsp3) is 0.200. The SMILES string of the molecule is OB(O)c1nccnc1C(F)(F)F. The summed E-state index contributed by atoms with van der Waals surface area (Å²) in [7, 11) is -2.27. The van der Waals surface area contributed by atoms with Crippen molar-refractivity contribution in [3.63, 3.8) is 0 Å². The lowest BCUT2D eigenvalue weighted by molar-refractivity contribution is -0.140. The molecule has 0 fully saturated rings. The summed E-state index contributed by atoms with van der Waals surface area (Å²) in [5.41, 5.74) is -2.28. The molecule has 4 nitrogen and oxygen atoms in total. The first kappa shape index (κ1) is 9.94. The predicted octanol–water partition coefficient (Wildman–Crippen LogP) is -0.825. The lowest BCUT2D eigenvalue weighted by Gasteiger charge is -2.08. The molecule has 0 amide bonds. The maximum Gasteiger partial charge on any atom is 0.510 e. The van der Waals surface area contributed by atoms with Gasteiger partial charge in [-0.25, -0.2) is 4.98 Å². The van der Waals surface area contributed by atoms with Crippen LogP contribution in [-0.4, -0.2) is 27.1 Å². The zero-order chi connectivity index (χ0) is 10.1. The second-order valence-corrected chi connectivity index (χ2v) is 2.16. The summed E-state index contributed by atoms with van der Waals surface area (Å²) in [5.74, 6) is 0. The third kappa shape index (κ3) is 2.16. The molecule has 0 saturated heterocycles. The van der Waals surface area contributed by atoms with Crippen molar-refractivity contribution in [3.05, 3.63) is 18.1 Å². The highest BCUT2D eigenvalue weighted by atomic mass is 19.4. The van der Waals surface area contributed by atoms with Crippen molar-refractivity contribution < 1.29 is 23.2 Å². The summed E-state index contributed by atoms with van der Waals surface area (Å²) in [6.45, 7) is 0. The van der Waals surface area contributed by atoms with E-state index in [4.69, 9.17) is 10.0 Å². The van der Waals surface area contributed by atoms with Gasteiger partial charge >= 0.3 is 13.3 Å². The average Bonchev–Trinajstić information content (AvgIpc) is 2.03. The van der Waals surface area contributed by atoms with Crippen LogP contribution < -0.4 is 5.59 Å². The van der Waals surface area contributed by atoms with Gasteiger partial charge in [0.1, 0.15) is 5.59 Å². The standard InChI is InChI=1S/C5H4BF3N2O2/c7-5(8,9)3-4(6(12)13)11-2-1-10-3/h1-2,12-13H. The van der Waals surface area contributed by atoms with Crippen molar-refractivity contribution >= 4 is 12.7 Å². The van der Waals surface area contributed by atoms with E-state index in [0.717, 1.165) is 12.4 Å². The van der Waals surface area contributed by atoms with E-state index in [-0.39, 0.29) is 0 Å². The lowest BCUT2D eigenvalue weighted by Crippen LogP contribution is -2.39. The summed E-state index contributed by atoms with van der Waals surface area (Å²) in [4.78, 5) is 6.13. The Morgan fingerprint density at radius 1 is 1.15 bits per heavy atom. The van der Waals surface area contributed by atoms with Gasteiger partial charge in [0.2, 0.25) is 0 Å². The summed E-state index contributed by atoms with van der Waals surface area (Å²) in [5, 5.41) is 17.0. The predicted molar refractivity (Wildman–Crippen MR) is 36.9 cm³/mol. The van der Waals surface area contributed by atoms with Crippen LogP contribution in [-0.2, 0) is 6.18 Å². The Balaban J connectivity index is 3.20. The first-order chi connectivity index (χ1) is 5.93. The summed E-state index contributed by atoms with van der Waals surface area (Å²) < 4.78 is 36.3. The number of alkyl halides is 3. The zero-order valence-corrected chi connectivity index (χ0v) is 6.15. The minimum absolute atomic E-state index is 0.828. The number of rotatable bonds is 1. The monoisotopic (exact) mass is 192 g/mol. The molecular formula is C5H4BF3N2O2. The van der Waals surface area contributed by atoms with Gasteiger partial charge in [-0.15, -0.1) is 0 Å². The maximum atomic E-state index is 12.1. The van der Waals surface area contributed by atoms with Crippen LogP contribution in [0, 0.1) is 0 Å². The van der Waals surface area contributed by atoms with Gasteiger partial charge < -0.3 is 10.0 Å². The van der Waals surface area contributed by atoms with Crippen LogP contribution in [0.3, 0.4) is 0 Å². The van der Waals surface area contributed by atoms with Crippen LogP contribution in [0.1, 0.15) is 5.69 Å². The molecular weight excluding hydrogens is 188 g/mol. The lowest BCUT2D eigenvalue weighted by atomic mass is 9.84. The first-order valence-corrected chi connectivity index (χ1v) is 3.17. The Labute approximate surface area is 71.2 Å². The molecule has 70 valence electrons. The molecule has 0 bridgehead atoms. The Kier molecular flexibility index (Phi) is 2.53. The quantitative estimate of drug-likeness (QED) is 0.570. The number of hydrogen-bond donors (Lipinski definition) is 2. The van der Waals surface area contributed by atoms with Crippen molar-refractivity contribution in [1.82, 2.24) is 9.97 Å². The molecule has 0 aliphatic heterocycles. The van der Waals surface area contributed by atoms with Gasteiger partial charge in [-0.1, -0.05) is 0 Å². The van der Waals surface area contributed by atoms with Crippen molar-refractivity contribution in [1.29, 1.82) is 0 Å². The smallest absolute Gasteiger partial charge is 0.422 e. The molecule has 1 aromatic heterocycles. The number of nitrogens with zero attached hydrogens (tertiary/aromatic N) is 2. The van der Waals surface area contributed by atoms with Crippen molar-refractivity contribution in [2.24, 2.45) is 0 Å². The van der Waals surface area contributed by atoms with Crippen LogP contribution in [0.4, 0.5) is 13.2 Å². The number of aromatic nitrogens is 2. The second kappa shape index (κ2) is 3.31. The van der Waals surface area contributed by atoms with E-state index in [9.17, 15) is 13.2 Å². The van der Waals surface area contributed by atoms with Gasteiger partial charge in [0.05, 0.1) is 0 Å². The van der Waals surface area contributed by atoms with E-state index in [0.29, 0.717) is 0 Å². The van der Waals surface area contributed by atoms with Crippen LogP contribution in [0.5, 0.6) is 0 Å². The minimum Gasteiger partial charge on any atom is -0.422 e. The molecule has 0 radical (unpaired) electrons. The largest absolute Gasteiger partial charge is 0.510 e. The van der Waals surface area contributed by atoms with E-state index < -0.39 is 24.6 Å². The van der Waals surface area contributed by atoms with Crippen LogP contribution in [0.2, 0.25) is 0 Å². The number of halogens is 3. The molecule has 0 spiro atoms. The summed E-state index contributed by atoms with van der Waals surface area (Å²) in [6.07, 6.45) is -2.95. The second-order valence-electron chi connectivity index (χ2n) is 2.16. The average molecular weight is 192 g/mol. The maximum absolute atomic E-state index is 12.1. The molecule has 0 aliphatic rings. The van der Waals surface area contributed by atoms with Crippen molar-refractivity contribution in [2.45, 2.75) is 6.18 Å². The normalized spacial score (nSPS) is 11.5.